The van der Waals surface area contributed by atoms with E-state index in [9.17, 15) is 5.11 Å². The smallest absolute Gasteiger partial charge is 0.167 e. The molecule has 4 nitrogen and oxygen atoms in total. The van der Waals surface area contributed by atoms with Gasteiger partial charge in [0.25, 0.3) is 0 Å². The number of nitrogens with zero attached hydrogens (tertiary/aromatic N) is 3. The van der Waals surface area contributed by atoms with Gasteiger partial charge in [0, 0.05) is 11.5 Å². The summed E-state index contributed by atoms with van der Waals surface area (Å²) >= 11 is 0. The molecule has 0 saturated carbocycles. The van der Waals surface area contributed by atoms with Crippen molar-refractivity contribution < 1.29 is 5.11 Å². The molecule has 1 heterocycles. The number of para-hydroxylation sites is 1. The van der Waals surface area contributed by atoms with Gasteiger partial charge in [0.05, 0.1) is 5.56 Å². The van der Waals surface area contributed by atoms with Gasteiger partial charge in [-0.25, -0.2) is 15.0 Å². The average molecular weight is 403 g/mol. The maximum Gasteiger partial charge on any atom is 0.167 e. The Bertz CT molecular complexity index is 1260. The maximum atomic E-state index is 10.4. The molecule has 1 aliphatic rings. The Morgan fingerprint density at radius 3 is 2.06 bits per heavy atom. The lowest BCUT2D eigenvalue weighted by Crippen LogP contribution is -2.07. The molecule has 0 saturated heterocycles. The van der Waals surface area contributed by atoms with E-state index in [1.54, 1.807) is 12.1 Å². The van der Waals surface area contributed by atoms with Crippen molar-refractivity contribution in [2.45, 2.75) is 12.3 Å². The minimum atomic E-state index is 0.0833. The van der Waals surface area contributed by atoms with Crippen LogP contribution in [0, 0.1) is 0 Å². The second kappa shape index (κ2) is 8.36. The van der Waals surface area contributed by atoms with Gasteiger partial charge in [-0.2, -0.15) is 0 Å². The van der Waals surface area contributed by atoms with Crippen molar-refractivity contribution in [1.29, 1.82) is 0 Å². The molecular formula is C27H21N3O. The number of phenols is 1. The molecule has 0 radical (unpaired) electrons. The first-order valence-corrected chi connectivity index (χ1v) is 10.3. The molecule has 1 unspecified atom stereocenters. The monoisotopic (exact) mass is 403 g/mol. The largest absolute Gasteiger partial charge is 0.507 e. The van der Waals surface area contributed by atoms with E-state index in [-0.39, 0.29) is 11.7 Å². The van der Waals surface area contributed by atoms with Gasteiger partial charge in [-0.15, -0.1) is 0 Å². The third-order valence-corrected chi connectivity index (χ3v) is 5.36. The molecule has 4 aromatic rings. The van der Waals surface area contributed by atoms with Crippen molar-refractivity contribution in [3.8, 4) is 39.7 Å². The lowest BCUT2D eigenvalue weighted by molar-refractivity contribution is 0.477. The fourth-order valence-corrected chi connectivity index (χ4v) is 3.68. The Morgan fingerprint density at radius 2 is 1.32 bits per heavy atom. The molecule has 1 aliphatic carbocycles. The highest BCUT2D eigenvalue weighted by atomic mass is 16.3. The normalized spacial score (nSPS) is 15.2. The van der Waals surface area contributed by atoms with Gasteiger partial charge in [0.2, 0.25) is 0 Å². The topological polar surface area (TPSA) is 58.9 Å². The highest BCUT2D eigenvalue weighted by Gasteiger charge is 2.18. The van der Waals surface area contributed by atoms with E-state index in [2.05, 4.69) is 36.4 Å². The predicted molar refractivity (Wildman–Crippen MR) is 123 cm³/mol. The number of phenolic OH excluding ortho intramolecular Hbond substituents is 1. The Labute approximate surface area is 181 Å². The zero-order valence-electron chi connectivity index (χ0n) is 16.9. The van der Waals surface area contributed by atoms with E-state index in [0.29, 0.717) is 23.0 Å². The molecule has 0 amide bonds. The number of hydrogen-bond acceptors (Lipinski definition) is 4. The summed E-state index contributed by atoms with van der Waals surface area (Å²) in [6.45, 7) is 0. The van der Waals surface area contributed by atoms with Crippen molar-refractivity contribution in [1.82, 2.24) is 15.0 Å². The van der Waals surface area contributed by atoms with Gasteiger partial charge < -0.3 is 5.11 Å². The minimum Gasteiger partial charge on any atom is -0.507 e. The Kier molecular flexibility index (Phi) is 5.11. The number of aromatic hydroxyl groups is 1. The molecule has 150 valence electrons. The summed E-state index contributed by atoms with van der Waals surface area (Å²) < 4.78 is 0. The number of rotatable bonds is 4. The third-order valence-electron chi connectivity index (χ3n) is 5.36. The Balaban J connectivity index is 1.59. The molecule has 0 aliphatic heterocycles. The summed E-state index contributed by atoms with van der Waals surface area (Å²) in [4.78, 5) is 14.2. The van der Waals surface area contributed by atoms with Crippen LogP contribution in [0.1, 0.15) is 18.2 Å². The number of allylic oxidation sites excluding steroid dienone is 4. The zero-order chi connectivity index (χ0) is 21.0. The summed E-state index contributed by atoms with van der Waals surface area (Å²) in [5.41, 5.74) is 3.82. The molecule has 4 heteroatoms. The zero-order valence-corrected chi connectivity index (χ0v) is 16.9. The predicted octanol–water partition coefficient (Wildman–Crippen LogP) is 6.18. The van der Waals surface area contributed by atoms with Crippen molar-refractivity contribution in [3.05, 3.63) is 109 Å². The fraction of sp³-hybridized carbons (Fsp3) is 0.0741. The van der Waals surface area contributed by atoms with Crippen LogP contribution in [0.2, 0.25) is 0 Å². The highest BCUT2D eigenvalue weighted by molar-refractivity contribution is 5.69. The molecule has 1 aromatic heterocycles. The van der Waals surface area contributed by atoms with Crippen LogP contribution in [0.15, 0.2) is 103 Å². The van der Waals surface area contributed by atoms with Crippen LogP contribution in [0.25, 0.3) is 33.9 Å². The third kappa shape index (κ3) is 4.01. The van der Waals surface area contributed by atoms with Crippen LogP contribution in [-0.4, -0.2) is 20.1 Å². The van der Waals surface area contributed by atoms with Crippen molar-refractivity contribution in [2.75, 3.05) is 0 Å². The van der Waals surface area contributed by atoms with E-state index >= 15 is 0 Å². The summed E-state index contributed by atoms with van der Waals surface area (Å²) in [7, 11) is 0. The molecular weight excluding hydrogens is 382 g/mol. The molecule has 1 atom stereocenters. The molecule has 0 spiro atoms. The summed E-state index contributed by atoms with van der Waals surface area (Å²) in [5.74, 6) is 2.03. The summed E-state index contributed by atoms with van der Waals surface area (Å²) in [6.07, 6.45) is 9.11. The lowest BCUT2D eigenvalue weighted by Gasteiger charge is -2.14. The first kappa shape index (κ1) is 18.9. The quantitative estimate of drug-likeness (QED) is 0.442. The van der Waals surface area contributed by atoms with Gasteiger partial charge in [0.15, 0.2) is 11.6 Å². The van der Waals surface area contributed by atoms with Gasteiger partial charge in [0.1, 0.15) is 11.6 Å². The second-order valence-corrected chi connectivity index (χ2v) is 7.46. The number of hydrogen-bond donors (Lipinski definition) is 1. The highest BCUT2D eigenvalue weighted by Crippen LogP contribution is 2.31. The first-order chi connectivity index (χ1) is 15.3. The molecule has 1 N–H and O–H groups in total. The van der Waals surface area contributed by atoms with E-state index in [1.165, 1.54) is 5.56 Å². The van der Waals surface area contributed by atoms with Crippen molar-refractivity contribution >= 4 is 0 Å². The molecule has 3 aromatic carbocycles. The number of aromatic nitrogens is 3. The average Bonchev–Trinajstić information content (AvgIpc) is 2.85. The van der Waals surface area contributed by atoms with E-state index < -0.39 is 0 Å². The van der Waals surface area contributed by atoms with Gasteiger partial charge >= 0.3 is 0 Å². The van der Waals surface area contributed by atoms with Gasteiger partial charge in [-0.1, -0.05) is 91.0 Å². The van der Waals surface area contributed by atoms with Gasteiger partial charge in [-0.3, -0.25) is 0 Å². The minimum absolute atomic E-state index is 0.0833. The summed E-state index contributed by atoms with van der Waals surface area (Å²) in [6, 6.07) is 25.6. The van der Waals surface area contributed by atoms with Crippen LogP contribution < -0.4 is 0 Å². The van der Waals surface area contributed by atoms with E-state index in [4.69, 9.17) is 15.0 Å². The molecule has 0 bridgehead atoms. The second-order valence-electron chi connectivity index (χ2n) is 7.46. The van der Waals surface area contributed by atoms with E-state index in [1.807, 2.05) is 54.6 Å². The Morgan fingerprint density at radius 1 is 0.645 bits per heavy atom. The standard InChI is InChI=1S/C27H21N3O/c31-24-14-8-7-13-23(24)27-29-25(21-11-5-2-6-12-21)28-26(30-27)22-17-15-20(16-18-22)19-9-3-1-4-10-19/h1-11,13-18,21,31H,12H2. The molecule has 0 fully saturated rings. The van der Waals surface area contributed by atoms with Crippen LogP contribution in [0.5, 0.6) is 5.75 Å². The van der Waals surface area contributed by atoms with E-state index in [0.717, 1.165) is 17.5 Å². The van der Waals surface area contributed by atoms with Gasteiger partial charge in [-0.05, 0) is 29.7 Å². The Hall–Kier alpha value is -4.05. The van der Waals surface area contributed by atoms with Crippen LogP contribution in [0.4, 0.5) is 0 Å². The first-order valence-electron chi connectivity index (χ1n) is 10.3. The van der Waals surface area contributed by atoms with Crippen molar-refractivity contribution in [2.24, 2.45) is 0 Å². The molecule has 31 heavy (non-hydrogen) atoms. The van der Waals surface area contributed by atoms with Crippen LogP contribution in [0.3, 0.4) is 0 Å². The summed E-state index contributed by atoms with van der Waals surface area (Å²) in [5, 5.41) is 10.4. The van der Waals surface area contributed by atoms with Crippen molar-refractivity contribution in [3.63, 3.8) is 0 Å². The fourth-order valence-electron chi connectivity index (χ4n) is 3.68. The van der Waals surface area contributed by atoms with Crippen LogP contribution >= 0.6 is 0 Å². The SMILES string of the molecule is Oc1ccccc1-c1nc(-c2ccc(-c3ccccc3)cc2)nc(C2C=CC=CC2)n1. The maximum absolute atomic E-state index is 10.4. The lowest BCUT2D eigenvalue weighted by atomic mass is 9.99. The van der Waals surface area contributed by atoms with Crippen LogP contribution in [-0.2, 0) is 0 Å². The molecule has 5 rings (SSSR count). The number of benzene rings is 3.